The van der Waals surface area contributed by atoms with Crippen molar-refractivity contribution >= 4 is 55.0 Å². The van der Waals surface area contributed by atoms with Crippen LogP contribution < -0.4 is 4.57 Å². The summed E-state index contributed by atoms with van der Waals surface area (Å²) in [5.74, 6) is 1.06. The van der Waals surface area contributed by atoms with Crippen LogP contribution in [0.15, 0.2) is 152 Å². The first kappa shape index (κ1) is 37.0. The highest BCUT2D eigenvalue weighted by atomic mass is 15.2. The molecule has 0 aliphatic carbocycles. The van der Waals surface area contributed by atoms with E-state index in [1.807, 2.05) is 0 Å². The van der Waals surface area contributed by atoms with Crippen molar-refractivity contribution < 1.29 is 4.57 Å². The molecule has 0 N–H and O–H groups in total. The molecule has 0 saturated heterocycles. The van der Waals surface area contributed by atoms with E-state index in [4.69, 9.17) is 11.6 Å². The van der Waals surface area contributed by atoms with Gasteiger partial charge in [-0.2, -0.15) is 4.40 Å². The third kappa shape index (κ3) is 4.47. The van der Waals surface area contributed by atoms with E-state index in [2.05, 4.69) is 208 Å². The number of aryl methyl sites for hydroxylation is 2. The van der Waals surface area contributed by atoms with Crippen LogP contribution in [0.4, 0.5) is 0 Å². The van der Waals surface area contributed by atoms with Gasteiger partial charge in [0, 0.05) is 27.3 Å². The SMILES string of the molecule is C=C1c2ccc(-c3cc4c5c(c3)c3ccccc3n5-c3ccccc3C4(c3ccccc3)c3ccccc3)c3nc(C(C)(C)C)n4c5cc(C)c(C)cc5[n+](c4c23)C1(CC)CC. The molecule has 3 aromatic heterocycles. The largest absolute Gasteiger partial charge is 0.309 e. The first-order chi connectivity index (χ1) is 30.0. The highest BCUT2D eigenvalue weighted by Crippen LogP contribution is 2.56. The third-order valence-electron chi connectivity index (χ3n) is 14.9. The van der Waals surface area contributed by atoms with Crippen molar-refractivity contribution in [3.05, 3.63) is 197 Å². The van der Waals surface area contributed by atoms with Crippen LogP contribution in [0, 0.1) is 13.8 Å². The van der Waals surface area contributed by atoms with Crippen LogP contribution in [-0.4, -0.2) is 14.0 Å². The lowest BCUT2D eigenvalue weighted by Gasteiger charge is -2.42. The van der Waals surface area contributed by atoms with Crippen LogP contribution in [0.2, 0.25) is 0 Å². The lowest BCUT2D eigenvalue weighted by atomic mass is 9.62. The molecule has 0 radical (unpaired) electrons. The fraction of sp³-hybridized carbons (Fsp3) is 0.207. The summed E-state index contributed by atoms with van der Waals surface area (Å²) >= 11 is 0. The molecule has 2 aliphatic rings. The van der Waals surface area contributed by atoms with E-state index in [0.29, 0.717) is 0 Å². The van der Waals surface area contributed by atoms with Gasteiger partial charge in [0.05, 0.1) is 33.0 Å². The number of fused-ring (bicyclic) bond motifs is 8. The minimum absolute atomic E-state index is 0.261. The third-order valence-corrected chi connectivity index (χ3v) is 14.9. The topological polar surface area (TPSA) is 26.1 Å². The van der Waals surface area contributed by atoms with E-state index in [0.717, 1.165) is 35.3 Å². The number of nitrogens with zero attached hydrogens (tertiary/aromatic N) is 4. The van der Waals surface area contributed by atoms with Gasteiger partial charge in [-0.3, -0.25) is 0 Å². The molecular weight excluding hydrogens is 753 g/mol. The minimum Gasteiger partial charge on any atom is -0.309 e. The Morgan fingerprint density at radius 1 is 0.645 bits per heavy atom. The van der Waals surface area contributed by atoms with Gasteiger partial charge in [0.2, 0.25) is 5.82 Å². The van der Waals surface area contributed by atoms with Gasteiger partial charge in [0.1, 0.15) is 5.54 Å². The van der Waals surface area contributed by atoms with Crippen LogP contribution in [0.5, 0.6) is 0 Å². The van der Waals surface area contributed by atoms with Gasteiger partial charge in [-0.1, -0.05) is 150 Å². The Balaban J connectivity index is 1.30. The second-order valence-corrected chi connectivity index (χ2v) is 19.0. The zero-order valence-electron chi connectivity index (χ0n) is 36.8. The van der Waals surface area contributed by atoms with Crippen molar-refractivity contribution in [2.75, 3.05) is 0 Å². The second-order valence-electron chi connectivity index (χ2n) is 19.0. The molecule has 0 bridgehead atoms. The molecule has 0 atom stereocenters. The number of imidazole rings is 1. The van der Waals surface area contributed by atoms with Crippen molar-refractivity contribution in [3.63, 3.8) is 0 Å². The highest BCUT2D eigenvalue weighted by Gasteiger charge is 2.49. The first-order valence-corrected chi connectivity index (χ1v) is 22.4. The van der Waals surface area contributed by atoms with Gasteiger partial charge in [-0.15, -0.1) is 0 Å². The molecule has 4 heteroatoms. The second kappa shape index (κ2) is 12.6. The zero-order chi connectivity index (χ0) is 42.4. The fourth-order valence-electron chi connectivity index (χ4n) is 11.9. The van der Waals surface area contributed by atoms with E-state index in [9.17, 15) is 0 Å². The lowest BCUT2D eigenvalue weighted by Crippen LogP contribution is -2.57. The monoisotopic (exact) mass is 803 g/mol. The Labute approximate surface area is 363 Å². The normalized spacial score (nSPS) is 15.1. The summed E-state index contributed by atoms with van der Waals surface area (Å²) in [4.78, 5) is 5.90. The van der Waals surface area contributed by atoms with Crippen LogP contribution in [0.3, 0.4) is 0 Å². The van der Waals surface area contributed by atoms with Gasteiger partial charge >= 0.3 is 0 Å². The summed E-state index contributed by atoms with van der Waals surface area (Å²) in [6.07, 6.45) is 1.88. The Hall–Kier alpha value is -6.78. The molecule has 0 amide bonds. The maximum absolute atomic E-state index is 5.90. The minimum atomic E-state index is -0.607. The Bertz CT molecular complexity index is 3510. The maximum Gasteiger partial charge on any atom is 0.299 e. The number of allylic oxidation sites excluding steroid dienone is 1. The lowest BCUT2D eigenvalue weighted by molar-refractivity contribution is -0.703. The van der Waals surface area contributed by atoms with E-state index in [1.165, 1.54) is 94.1 Å². The summed E-state index contributed by atoms with van der Waals surface area (Å²) in [5, 5.41) is 3.68. The fourth-order valence-corrected chi connectivity index (χ4v) is 11.9. The molecule has 10 aromatic rings. The molecule has 62 heavy (non-hydrogen) atoms. The summed E-state index contributed by atoms with van der Waals surface area (Å²) in [7, 11) is 0. The van der Waals surface area contributed by atoms with Gasteiger partial charge < -0.3 is 4.57 Å². The maximum atomic E-state index is 5.90. The number of benzene rings is 7. The summed E-state index contributed by atoms with van der Waals surface area (Å²) in [6.45, 7) is 21.1. The van der Waals surface area contributed by atoms with Crippen molar-refractivity contribution in [1.29, 1.82) is 0 Å². The Morgan fingerprint density at radius 2 is 1.27 bits per heavy atom. The van der Waals surface area contributed by atoms with Gasteiger partial charge in [0.15, 0.2) is 11.0 Å². The van der Waals surface area contributed by atoms with Gasteiger partial charge in [-0.05, 0) is 108 Å². The quantitative estimate of drug-likeness (QED) is 0.159. The average Bonchev–Trinajstić information content (AvgIpc) is 3.80. The van der Waals surface area contributed by atoms with E-state index in [-0.39, 0.29) is 11.0 Å². The van der Waals surface area contributed by atoms with Crippen LogP contribution in [0.25, 0.3) is 71.8 Å². The molecular formula is C58H51N4+. The summed E-state index contributed by atoms with van der Waals surface area (Å²) < 4.78 is 7.71. The standard InChI is InChI=1S/C58H51N4/c1-9-57(10-2)37(5)41-29-30-42(52-51(41)54-61(55(59-52)56(6,7)8)49-31-35(3)36(4)32-50(49)62(54)57)38-33-44-43-25-17-19-27-47(43)60-48-28-20-18-26-45(48)58(46(34-38)53(44)60,39-21-13-11-14-22-39)40-23-15-12-16-24-40/h11-34H,5,9-10H2,1-4,6-8H3/q+1. The Morgan fingerprint density at radius 3 is 1.97 bits per heavy atom. The van der Waals surface area contributed by atoms with Crippen molar-refractivity contribution in [3.8, 4) is 16.8 Å². The molecule has 12 rings (SSSR count). The molecule has 4 nitrogen and oxygen atoms in total. The van der Waals surface area contributed by atoms with Crippen molar-refractivity contribution in [1.82, 2.24) is 14.0 Å². The number of hydrogen-bond donors (Lipinski definition) is 0. The molecule has 0 spiro atoms. The average molecular weight is 804 g/mol. The van der Waals surface area contributed by atoms with Crippen molar-refractivity contribution in [2.45, 2.75) is 77.7 Å². The molecule has 0 fully saturated rings. The van der Waals surface area contributed by atoms with Gasteiger partial charge in [0.25, 0.3) is 5.65 Å². The predicted octanol–water partition coefficient (Wildman–Crippen LogP) is 13.8. The smallest absolute Gasteiger partial charge is 0.299 e. The molecule has 302 valence electrons. The molecule has 7 aromatic carbocycles. The Kier molecular flexibility index (Phi) is 7.55. The number of aromatic nitrogens is 4. The predicted molar refractivity (Wildman–Crippen MR) is 258 cm³/mol. The van der Waals surface area contributed by atoms with Gasteiger partial charge in [-0.25, -0.2) is 9.55 Å². The number of para-hydroxylation sites is 2. The van der Waals surface area contributed by atoms with E-state index < -0.39 is 5.41 Å². The van der Waals surface area contributed by atoms with Crippen LogP contribution in [0.1, 0.15) is 92.2 Å². The number of rotatable bonds is 5. The molecule has 0 unspecified atom stereocenters. The van der Waals surface area contributed by atoms with Crippen LogP contribution >= 0.6 is 0 Å². The molecule has 0 saturated carbocycles. The summed E-state index contributed by atoms with van der Waals surface area (Å²) in [6, 6.07) is 54.9. The zero-order valence-corrected chi connectivity index (χ0v) is 36.8. The van der Waals surface area contributed by atoms with E-state index >= 15 is 0 Å². The highest BCUT2D eigenvalue weighted by molar-refractivity contribution is 6.15. The first-order valence-electron chi connectivity index (χ1n) is 22.4. The number of hydrogen-bond acceptors (Lipinski definition) is 1. The van der Waals surface area contributed by atoms with E-state index in [1.54, 1.807) is 0 Å². The summed E-state index contributed by atoms with van der Waals surface area (Å²) in [5.41, 5.74) is 19.6. The van der Waals surface area contributed by atoms with Crippen molar-refractivity contribution in [2.24, 2.45) is 0 Å². The molecule has 2 aliphatic heterocycles. The van der Waals surface area contributed by atoms with Crippen LogP contribution in [-0.2, 0) is 16.4 Å². The molecule has 5 heterocycles.